The molecule has 6 heteroatoms. The molecule has 0 saturated carbocycles. The van der Waals surface area contributed by atoms with E-state index in [1.165, 1.54) is 19.4 Å². The number of aromatic nitrogens is 1. The SMILES string of the molecule is COC(=O)c1cc(OC[C@H](C)N)ncc1Br. The number of esters is 1. The van der Waals surface area contributed by atoms with Crippen LogP contribution in [-0.4, -0.2) is 30.7 Å². The van der Waals surface area contributed by atoms with Gasteiger partial charge in [-0.25, -0.2) is 9.78 Å². The van der Waals surface area contributed by atoms with Gasteiger partial charge in [-0.3, -0.25) is 0 Å². The van der Waals surface area contributed by atoms with E-state index in [1.54, 1.807) is 0 Å². The second-order valence-electron chi connectivity index (χ2n) is 3.28. The van der Waals surface area contributed by atoms with Crippen molar-refractivity contribution >= 4 is 21.9 Å². The first kappa shape index (κ1) is 12.9. The molecule has 0 unspecified atom stereocenters. The van der Waals surface area contributed by atoms with E-state index in [9.17, 15) is 4.79 Å². The maximum atomic E-state index is 11.4. The van der Waals surface area contributed by atoms with E-state index in [2.05, 4.69) is 25.7 Å². The lowest BCUT2D eigenvalue weighted by Gasteiger charge is -2.09. The minimum atomic E-state index is -0.445. The zero-order chi connectivity index (χ0) is 12.1. The Bertz CT molecular complexity index is 382. The minimum Gasteiger partial charge on any atom is -0.476 e. The van der Waals surface area contributed by atoms with Crippen molar-refractivity contribution in [2.24, 2.45) is 5.73 Å². The first-order valence-corrected chi connectivity index (χ1v) is 5.46. The van der Waals surface area contributed by atoms with Crippen LogP contribution < -0.4 is 10.5 Å². The molecule has 2 N–H and O–H groups in total. The van der Waals surface area contributed by atoms with Crippen LogP contribution in [0, 0.1) is 0 Å². The van der Waals surface area contributed by atoms with Gasteiger partial charge in [-0.2, -0.15) is 0 Å². The van der Waals surface area contributed by atoms with Crippen molar-refractivity contribution in [3.63, 3.8) is 0 Å². The van der Waals surface area contributed by atoms with Gasteiger partial charge in [-0.05, 0) is 22.9 Å². The Morgan fingerprint density at radius 2 is 2.38 bits per heavy atom. The predicted octanol–water partition coefficient (Wildman–Crippen LogP) is 1.36. The number of ether oxygens (including phenoxy) is 2. The summed E-state index contributed by atoms with van der Waals surface area (Å²) in [5.41, 5.74) is 5.91. The summed E-state index contributed by atoms with van der Waals surface area (Å²) in [6, 6.07) is 1.42. The van der Waals surface area contributed by atoms with Crippen molar-refractivity contribution in [1.29, 1.82) is 0 Å². The normalized spacial score (nSPS) is 12.0. The Morgan fingerprint density at radius 3 is 2.94 bits per heavy atom. The van der Waals surface area contributed by atoms with Gasteiger partial charge in [0.15, 0.2) is 0 Å². The summed E-state index contributed by atoms with van der Waals surface area (Å²) in [6.45, 7) is 2.16. The van der Waals surface area contributed by atoms with Crippen LogP contribution in [-0.2, 0) is 4.74 Å². The van der Waals surface area contributed by atoms with Crippen LogP contribution in [0.5, 0.6) is 5.88 Å². The molecule has 0 aliphatic carbocycles. The molecular formula is C10H13BrN2O3. The molecule has 1 heterocycles. The van der Waals surface area contributed by atoms with E-state index in [0.29, 0.717) is 22.5 Å². The summed E-state index contributed by atoms with van der Waals surface area (Å²) >= 11 is 3.21. The van der Waals surface area contributed by atoms with Crippen molar-refractivity contribution in [2.45, 2.75) is 13.0 Å². The third-order valence-electron chi connectivity index (χ3n) is 1.73. The van der Waals surface area contributed by atoms with Crippen molar-refractivity contribution < 1.29 is 14.3 Å². The Kier molecular flexibility index (Phi) is 4.70. The number of pyridine rings is 1. The zero-order valence-electron chi connectivity index (χ0n) is 9.07. The second kappa shape index (κ2) is 5.81. The fourth-order valence-corrected chi connectivity index (χ4v) is 1.36. The van der Waals surface area contributed by atoms with E-state index in [0.717, 1.165) is 0 Å². The highest BCUT2D eigenvalue weighted by Crippen LogP contribution is 2.20. The number of carbonyl (C=O) groups is 1. The van der Waals surface area contributed by atoms with Crippen LogP contribution in [0.1, 0.15) is 17.3 Å². The number of nitrogens with two attached hydrogens (primary N) is 1. The average molecular weight is 289 g/mol. The summed E-state index contributed by atoms with van der Waals surface area (Å²) in [5.74, 6) is -0.0965. The van der Waals surface area contributed by atoms with Crippen LogP contribution in [0.4, 0.5) is 0 Å². The van der Waals surface area contributed by atoms with E-state index < -0.39 is 5.97 Å². The predicted molar refractivity (Wildman–Crippen MR) is 62.4 cm³/mol. The molecule has 0 amide bonds. The number of halogens is 1. The van der Waals surface area contributed by atoms with E-state index in [4.69, 9.17) is 10.5 Å². The van der Waals surface area contributed by atoms with Crippen LogP contribution in [0.3, 0.4) is 0 Å². The fourth-order valence-electron chi connectivity index (χ4n) is 0.982. The number of rotatable bonds is 4. The molecule has 1 atom stereocenters. The summed E-state index contributed by atoms with van der Waals surface area (Å²) in [4.78, 5) is 15.4. The van der Waals surface area contributed by atoms with Gasteiger partial charge in [0, 0.05) is 18.3 Å². The molecule has 0 aliphatic heterocycles. The maximum Gasteiger partial charge on any atom is 0.339 e. The molecular weight excluding hydrogens is 276 g/mol. The monoisotopic (exact) mass is 288 g/mol. The Morgan fingerprint density at radius 1 is 1.69 bits per heavy atom. The average Bonchev–Trinajstić information content (AvgIpc) is 2.27. The standard InChI is InChI=1S/C10H13BrN2O3/c1-6(12)5-16-9-3-7(10(14)15-2)8(11)4-13-9/h3-4,6H,5,12H2,1-2H3/t6-/m0/s1. The largest absolute Gasteiger partial charge is 0.476 e. The first-order valence-electron chi connectivity index (χ1n) is 4.67. The van der Waals surface area contributed by atoms with Gasteiger partial charge in [0.05, 0.1) is 17.1 Å². The van der Waals surface area contributed by atoms with Crippen molar-refractivity contribution in [1.82, 2.24) is 4.98 Å². The van der Waals surface area contributed by atoms with Crippen LogP contribution >= 0.6 is 15.9 Å². The van der Waals surface area contributed by atoms with Gasteiger partial charge in [0.1, 0.15) is 6.61 Å². The molecule has 1 aromatic heterocycles. The number of carbonyl (C=O) groups excluding carboxylic acids is 1. The molecule has 1 aromatic rings. The molecule has 0 fully saturated rings. The Labute approximate surface area is 102 Å². The summed E-state index contributed by atoms with van der Waals surface area (Å²) in [6.07, 6.45) is 1.49. The number of hydrogen-bond acceptors (Lipinski definition) is 5. The van der Waals surface area contributed by atoms with Crippen LogP contribution in [0.15, 0.2) is 16.7 Å². The summed E-state index contributed by atoms with van der Waals surface area (Å²) in [5, 5.41) is 0. The quantitative estimate of drug-likeness (QED) is 0.847. The fraction of sp³-hybridized carbons (Fsp3) is 0.400. The molecule has 0 aromatic carbocycles. The Balaban J connectivity index is 2.85. The number of methoxy groups -OCH3 is 1. The number of nitrogens with zero attached hydrogens (tertiary/aromatic N) is 1. The molecule has 0 aliphatic rings. The van der Waals surface area contributed by atoms with Gasteiger partial charge in [0.2, 0.25) is 5.88 Å². The Hall–Kier alpha value is -1.14. The number of hydrogen-bond donors (Lipinski definition) is 1. The van der Waals surface area contributed by atoms with E-state index in [1.807, 2.05) is 6.92 Å². The van der Waals surface area contributed by atoms with Crippen molar-refractivity contribution in [3.05, 3.63) is 22.3 Å². The highest BCUT2D eigenvalue weighted by atomic mass is 79.9. The van der Waals surface area contributed by atoms with Crippen LogP contribution in [0.25, 0.3) is 0 Å². The van der Waals surface area contributed by atoms with Gasteiger partial charge in [-0.1, -0.05) is 0 Å². The third-order valence-corrected chi connectivity index (χ3v) is 2.36. The smallest absolute Gasteiger partial charge is 0.339 e. The molecule has 0 bridgehead atoms. The highest BCUT2D eigenvalue weighted by molar-refractivity contribution is 9.10. The van der Waals surface area contributed by atoms with E-state index in [-0.39, 0.29) is 6.04 Å². The lowest BCUT2D eigenvalue weighted by Crippen LogP contribution is -2.24. The van der Waals surface area contributed by atoms with E-state index >= 15 is 0 Å². The molecule has 1 rings (SSSR count). The highest BCUT2D eigenvalue weighted by Gasteiger charge is 2.12. The van der Waals surface area contributed by atoms with Gasteiger partial charge < -0.3 is 15.2 Å². The minimum absolute atomic E-state index is 0.0907. The molecule has 0 spiro atoms. The molecule has 16 heavy (non-hydrogen) atoms. The third kappa shape index (κ3) is 3.46. The van der Waals surface area contributed by atoms with Gasteiger partial charge in [-0.15, -0.1) is 0 Å². The molecule has 0 saturated heterocycles. The molecule has 0 radical (unpaired) electrons. The van der Waals surface area contributed by atoms with Gasteiger partial charge >= 0.3 is 5.97 Å². The van der Waals surface area contributed by atoms with Crippen molar-refractivity contribution in [3.8, 4) is 5.88 Å². The molecule has 88 valence electrons. The lowest BCUT2D eigenvalue weighted by atomic mass is 10.3. The zero-order valence-corrected chi connectivity index (χ0v) is 10.7. The topological polar surface area (TPSA) is 74.4 Å². The second-order valence-corrected chi connectivity index (χ2v) is 4.14. The van der Waals surface area contributed by atoms with Gasteiger partial charge in [0.25, 0.3) is 0 Å². The molecule has 5 nitrogen and oxygen atoms in total. The summed E-state index contributed by atoms with van der Waals surface area (Å²) < 4.78 is 10.5. The summed E-state index contributed by atoms with van der Waals surface area (Å²) in [7, 11) is 1.32. The van der Waals surface area contributed by atoms with Crippen LogP contribution in [0.2, 0.25) is 0 Å². The first-order chi connectivity index (χ1) is 7.54. The maximum absolute atomic E-state index is 11.4. The van der Waals surface area contributed by atoms with Crippen molar-refractivity contribution in [2.75, 3.05) is 13.7 Å². The lowest BCUT2D eigenvalue weighted by molar-refractivity contribution is 0.0599.